The summed E-state index contributed by atoms with van der Waals surface area (Å²) in [7, 11) is 1.69. The number of thioether (sulfide) groups is 2. The number of aryl methyl sites for hydroxylation is 1. The van der Waals surface area contributed by atoms with Gasteiger partial charge in [-0.15, -0.1) is 23.5 Å². The van der Waals surface area contributed by atoms with Crippen molar-refractivity contribution in [1.82, 2.24) is 19.5 Å². The van der Waals surface area contributed by atoms with Crippen molar-refractivity contribution in [2.45, 2.75) is 15.8 Å². The third-order valence-corrected chi connectivity index (χ3v) is 6.27. The fourth-order valence-corrected chi connectivity index (χ4v) is 4.61. The van der Waals surface area contributed by atoms with Gasteiger partial charge in [0.05, 0.1) is 28.3 Å². The Kier molecular flexibility index (Phi) is 6.24. The van der Waals surface area contributed by atoms with Crippen LogP contribution in [0.4, 0.5) is 5.69 Å². The van der Waals surface area contributed by atoms with Gasteiger partial charge in [-0.2, -0.15) is 9.47 Å². The van der Waals surface area contributed by atoms with E-state index in [0.29, 0.717) is 22.0 Å². The lowest BCUT2D eigenvalue weighted by molar-refractivity contribution is 0.0943. The van der Waals surface area contributed by atoms with Gasteiger partial charge in [-0.25, -0.2) is 0 Å². The van der Waals surface area contributed by atoms with Crippen LogP contribution in [0, 0.1) is 0 Å². The molecule has 2 N–H and O–H groups in total. The van der Waals surface area contributed by atoms with E-state index in [4.69, 9.17) is 4.42 Å². The summed E-state index contributed by atoms with van der Waals surface area (Å²) >= 11 is 4.15. The first-order valence-corrected chi connectivity index (χ1v) is 11.0. The molecule has 27 heavy (non-hydrogen) atoms. The van der Waals surface area contributed by atoms with Gasteiger partial charge in [0.25, 0.3) is 11.8 Å². The van der Waals surface area contributed by atoms with Gasteiger partial charge in [0.1, 0.15) is 10.8 Å². The Morgan fingerprint density at radius 1 is 1.30 bits per heavy atom. The van der Waals surface area contributed by atoms with Gasteiger partial charge in [-0.05, 0) is 36.2 Å². The quantitative estimate of drug-likeness (QED) is 0.563. The number of aromatic nitrogens is 3. The number of hydrogen-bond acceptors (Lipinski definition) is 8. The highest BCUT2D eigenvalue weighted by Crippen LogP contribution is 2.33. The second kappa shape index (κ2) is 8.63. The van der Waals surface area contributed by atoms with Crippen LogP contribution >= 0.6 is 35.1 Å². The molecule has 0 fully saturated rings. The van der Waals surface area contributed by atoms with E-state index in [9.17, 15) is 9.59 Å². The standard InChI is InChI=1S/C16H17N5O3S3/c1-21-8-10(12(19-21)14(23)17-7-9-5-4-6-24-9)18-13(22)11-15(25-2)20-27-16(11)26-3/h4-6,8H,7H2,1-3H3,(H,17,23)(H,18,22). The molecule has 0 saturated carbocycles. The molecule has 3 heterocycles. The summed E-state index contributed by atoms with van der Waals surface area (Å²) < 4.78 is 11.8. The smallest absolute Gasteiger partial charge is 0.274 e. The second-order valence-corrected chi connectivity index (χ2v) is 7.98. The van der Waals surface area contributed by atoms with Crippen molar-refractivity contribution >= 4 is 52.6 Å². The summed E-state index contributed by atoms with van der Waals surface area (Å²) in [6, 6.07) is 3.51. The van der Waals surface area contributed by atoms with Crippen LogP contribution in [0.3, 0.4) is 0 Å². The number of carbonyl (C=O) groups is 2. The number of furan rings is 1. The summed E-state index contributed by atoms with van der Waals surface area (Å²) in [5.74, 6) is -0.0881. The van der Waals surface area contributed by atoms with Crippen LogP contribution < -0.4 is 10.6 Å². The van der Waals surface area contributed by atoms with E-state index in [1.807, 2.05) is 12.5 Å². The van der Waals surface area contributed by atoms with Crippen molar-refractivity contribution in [2.24, 2.45) is 7.05 Å². The van der Waals surface area contributed by atoms with Crippen LogP contribution in [0.15, 0.2) is 38.2 Å². The Hall–Kier alpha value is -2.24. The number of nitrogens with zero attached hydrogens (tertiary/aromatic N) is 3. The molecule has 0 saturated heterocycles. The summed E-state index contributed by atoms with van der Waals surface area (Å²) in [6.07, 6.45) is 6.89. The van der Waals surface area contributed by atoms with E-state index in [1.54, 1.807) is 25.4 Å². The largest absolute Gasteiger partial charge is 0.467 e. The molecule has 0 aromatic carbocycles. The molecule has 11 heteroatoms. The molecule has 0 spiro atoms. The summed E-state index contributed by atoms with van der Waals surface area (Å²) in [5, 5.41) is 10.3. The van der Waals surface area contributed by atoms with E-state index in [-0.39, 0.29) is 18.1 Å². The predicted octanol–water partition coefficient (Wildman–Crippen LogP) is 3.10. The zero-order chi connectivity index (χ0) is 19.4. The highest BCUT2D eigenvalue weighted by Gasteiger charge is 2.23. The third-order valence-electron chi connectivity index (χ3n) is 3.53. The number of nitrogens with one attached hydrogen (secondary N) is 2. The molecule has 0 atom stereocenters. The van der Waals surface area contributed by atoms with Crippen molar-refractivity contribution < 1.29 is 14.0 Å². The van der Waals surface area contributed by atoms with Gasteiger partial charge in [0.15, 0.2) is 5.69 Å². The maximum atomic E-state index is 12.8. The van der Waals surface area contributed by atoms with E-state index in [2.05, 4.69) is 20.1 Å². The minimum atomic E-state index is -0.402. The average molecular weight is 424 g/mol. The van der Waals surface area contributed by atoms with Gasteiger partial charge in [0.2, 0.25) is 0 Å². The zero-order valence-electron chi connectivity index (χ0n) is 14.8. The molecular weight excluding hydrogens is 406 g/mol. The van der Waals surface area contributed by atoms with E-state index in [1.165, 1.54) is 46.0 Å². The number of amides is 2. The van der Waals surface area contributed by atoms with Gasteiger partial charge >= 0.3 is 0 Å². The molecule has 0 aliphatic rings. The van der Waals surface area contributed by atoms with Gasteiger partial charge in [-0.1, -0.05) is 0 Å². The average Bonchev–Trinajstić information content (AvgIpc) is 3.38. The Morgan fingerprint density at radius 3 is 2.78 bits per heavy atom. The van der Waals surface area contributed by atoms with Crippen molar-refractivity contribution in [3.05, 3.63) is 41.6 Å². The Labute approximate surface area is 168 Å². The number of rotatable bonds is 7. The highest BCUT2D eigenvalue weighted by atomic mass is 32.2. The molecule has 2 amide bonds. The molecular formula is C16H17N5O3S3. The van der Waals surface area contributed by atoms with Gasteiger partial charge in [0, 0.05) is 13.2 Å². The van der Waals surface area contributed by atoms with Crippen LogP contribution in [-0.4, -0.2) is 38.5 Å². The predicted molar refractivity (Wildman–Crippen MR) is 107 cm³/mol. The monoisotopic (exact) mass is 423 g/mol. The minimum absolute atomic E-state index is 0.136. The summed E-state index contributed by atoms with van der Waals surface area (Å²) in [5.41, 5.74) is 0.993. The molecule has 0 radical (unpaired) electrons. The van der Waals surface area contributed by atoms with E-state index < -0.39 is 5.91 Å². The molecule has 0 aliphatic carbocycles. The summed E-state index contributed by atoms with van der Waals surface area (Å²) in [6.45, 7) is 0.234. The lowest BCUT2D eigenvalue weighted by Crippen LogP contribution is -2.25. The highest BCUT2D eigenvalue weighted by molar-refractivity contribution is 8.01. The topological polar surface area (TPSA) is 102 Å². The van der Waals surface area contributed by atoms with Crippen LogP contribution in [-0.2, 0) is 13.6 Å². The normalized spacial score (nSPS) is 10.8. The first kappa shape index (κ1) is 19.5. The SMILES string of the molecule is CSc1nsc(SC)c1C(=O)Nc1cn(C)nc1C(=O)NCc1ccco1. The lowest BCUT2D eigenvalue weighted by Gasteiger charge is -2.07. The molecule has 8 nitrogen and oxygen atoms in total. The van der Waals surface area contributed by atoms with Gasteiger partial charge < -0.3 is 15.1 Å². The minimum Gasteiger partial charge on any atom is -0.467 e. The second-order valence-electron chi connectivity index (χ2n) is 5.34. The third kappa shape index (κ3) is 4.37. The first-order valence-electron chi connectivity index (χ1n) is 7.76. The van der Waals surface area contributed by atoms with Crippen molar-refractivity contribution in [2.75, 3.05) is 17.8 Å². The maximum absolute atomic E-state index is 12.8. The van der Waals surface area contributed by atoms with Gasteiger partial charge in [-0.3, -0.25) is 14.3 Å². The van der Waals surface area contributed by atoms with Crippen molar-refractivity contribution in [1.29, 1.82) is 0 Å². The Bertz CT molecular complexity index is 927. The molecule has 3 aromatic rings. The van der Waals surface area contributed by atoms with E-state index >= 15 is 0 Å². The number of hydrogen-bond donors (Lipinski definition) is 2. The molecule has 0 aliphatic heterocycles. The molecule has 142 valence electrons. The Morgan fingerprint density at radius 2 is 2.11 bits per heavy atom. The molecule has 3 rings (SSSR count). The molecule has 3 aromatic heterocycles. The fraction of sp³-hybridized carbons (Fsp3) is 0.250. The van der Waals surface area contributed by atoms with Crippen molar-refractivity contribution in [3.8, 4) is 0 Å². The number of anilines is 1. The lowest BCUT2D eigenvalue weighted by atomic mass is 10.3. The van der Waals surface area contributed by atoms with Crippen LogP contribution in [0.1, 0.15) is 26.6 Å². The molecule has 0 bridgehead atoms. The zero-order valence-corrected chi connectivity index (χ0v) is 17.3. The van der Waals surface area contributed by atoms with Crippen LogP contribution in [0.25, 0.3) is 0 Å². The summed E-state index contributed by atoms with van der Waals surface area (Å²) in [4.78, 5) is 25.3. The molecule has 0 unspecified atom stereocenters. The van der Waals surface area contributed by atoms with Crippen molar-refractivity contribution in [3.63, 3.8) is 0 Å². The Balaban J connectivity index is 1.78. The van der Waals surface area contributed by atoms with Crippen LogP contribution in [0.5, 0.6) is 0 Å². The van der Waals surface area contributed by atoms with E-state index in [0.717, 1.165) is 4.21 Å². The first-order chi connectivity index (χ1) is 13.0. The van der Waals surface area contributed by atoms with Crippen LogP contribution in [0.2, 0.25) is 0 Å². The fourth-order valence-electron chi connectivity index (χ4n) is 2.33. The maximum Gasteiger partial charge on any atom is 0.274 e. The number of carbonyl (C=O) groups excluding carboxylic acids is 2.